The lowest BCUT2D eigenvalue weighted by molar-refractivity contribution is -0.688. The van der Waals surface area contributed by atoms with Gasteiger partial charge < -0.3 is 28.7 Å². The molecule has 0 aromatic carbocycles. The first-order chi connectivity index (χ1) is 12.5. The molecule has 0 spiro atoms. The minimum absolute atomic E-state index is 0. The number of nitrogens with zero attached hydrogens (tertiary/aromatic N) is 1. The van der Waals surface area contributed by atoms with E-state index in [0.717, 1.165) is 47.5 Å². The Morgan fingerprint density at radius 1 is 1.07 bits per heavy atom. The maximum atomic E-state index is 12.9. The van der Waals surface area contributed by atoms with E-state index in [4.69, 9.17) is 4.74 Å². The summed E-state index contributed by atoms with van der Waals surface area (Å²) in [6.45, 7) is 8.28. The molecule has 0 amide bonds. The van der Waals surface area contributed by atoms with Crippen molar-refractivity contribution in [2.75, 3.05) is 12.4 Å². The van der Waals surface area contributed by atoms with Crippen LogP contribution in [0.5, 0.6) is 0 Å². The smallest absolute Gasteiger partial charge is 0.344 e. The zero-order chi connectivity index (χ0) is 19.3. The first-order valence-corrected chi connectivity index (χ1v) is 10.9. The van der Waals surface area contributed by atoms with Crippen molar-refractivity contribution in [3.8, 4) is 0 Å². The highest BCUT2D eigenvalue weighted by Crippen LogP contribution is 2.37. The van der Waals surface area contributed by atoms with E-state index in [1.165, 1.54) is 24.6 Å². The molecule has 6 heteroatoms. The van der Waals surface area contributed by atoms with Crippen LogP contribution in [0.4, 0.5) is 0 Å². The fourth-order valence-electron chi connectivity index (χ4n) is 4.25. The molecule has 2 rings (SSSR count). The molecule has 1 fully saturated rings. The fraction of sp³-hybridized carbons (Fsp3) is 0.667. The second-order valence-electron chi connectivity index (χ2n) is 6.75. The van der Waals surface area contributed by atoms with Gasteiger partial charge >= 0.3 is 5.97 Å². The highest BCUT2D eigenvalue weighted by atomic mass is 127. The van der Waals surface area contributed by atoms with E-state index in [-0.39, 0.29) is 35.1 Å². The van der Waals surface area contributed by atoms with Crippen molar-refractivity contribution in [3.63, 3.8) is 0 Å². The van der Waals surface area contributed by atoms with Gasteiger partial charge in [0, 0.05) is 12.3 Å². The summed E-state index contributed by atoms with van der Waals surface area (Å²) in [5.74, 6) is 0.826. The predicted octanol–water partition coefficient (Wildman–Crippen LogP) is 1.37. The summed E-state index contributed by atoms with van der Waals surface area (Å²) >= 11 is 1.32. The molecule has 1 aromatic rings. The minimum atomic E-state index is -0.278. The van der Waals surface area contributed by atoms with Crippen LogP contribution < -0.4 is 28.5 Å². The average Bonchev–Trinajstić information content (AvgIpc) is 3.14. The van der Waals surface area contributed by atoms with E-state index < -0.39 is 0 Å². The standard InChI is InChI=1S/C21H32NO3S.HI/c1-6-15-17(21(24)26-9-4)16(7-2)22(5)19(14-12-10-11-13-14)18(15)20(23)25-8-3;/h14H,6-13H2,1-5H3;1H/q+1;/p-1. The van der Waals surface area contributed by atoms with Crippen molar-refractivity contribution in [3.05, 3.63) is 28.1 Å². The SMILES string of the molecule is CCOC(=O)c1c(CC)c(C(=O)SCC)c(CC)[n+](C)c1C1CCCC1.[I-]. The molecule has 1 aliphatic carbocycles. The monoisotopic (exact) mass is 505 g/mol. The molecule has 0 radical (unpaired) electrons. The zero-order valence-electron chi connectivity index (χ0n) is 17.2. The third-order valence-electron chi connectivity index (χ3n) is 5.30. The van der Waals surface area contributed by atoms with Crippen molar-refractivity contribution in [2.24, 2.45) is 7.05 Å². The Labute approximate surface area is 184 Å². The Kier molecular flexibility index (Phi) is 10.3. The number of ether oxygens (including phenoxy) is 1. The normalized spacial score (nSPS) is 14.1. The molecule has 0 bridgehead atoms. The van der Waals surface area contributed by atoms with Gasteiger partial charge in [0.25, 0.3) is 0 Å². The van der Waals surface area contributed by atoms with E-state index in [1.807, 2.05) is 27.8 Å². The van der Waals surface area contributed by atoms with Crippen LogP contribution in [0.15, 0.2) is 0 Å². The lowest BCUT2D eigenvalue weighted by Gasteiger charge is -2.20. The number of carbonyl (C=O) groups is 2. The fourth-order valence-corrected chi connectivity index (χ4v) is 4.90. The van der Waals surface area contributed by atoms with Gasteiger partial charge in [0.05, 0.1) is 12.2 Å². The first-order valence-electron chi connectivity index (χ1n) is 9.93. The summed E-state index contributed by atoms with van der Waals surface area (Å²) < 4.78 is 7.55. The molecule has 152 valence electrons. The van der Waals surface area contributed by atoms with Gasteiger partial charge in [0.15, 0.2) is 11.4 Å². The van der Waals surface area contributed by atoms with E-state index in [1.54, 1.807) is 0 Å². The predicted molar refractivity (Wildman–Crippen MR) is 106 cm³/mol. The quantitative estimate of drug-likeness (QED) is 0.319. The maximum Gasteiger partial charge on any atom is 0.344 e. The van der Waals surface area contributed by atoms with Crippen molar-refractivity contribution < 1.29 is 42.9 Å². The Hall–Kier alpha value is -0.630. The summed E-state index contributed by atoms with van der Waals surface area (Å²) in [5, 5.41) is 0.0697. The summed E-state index contributed by atoms with van der Waals surface area (Å²) in [6, 6.07) is 0. The molecule has 0 N–H and O–H groups in total. The van der Waals surface area contributed by atoms with Gasteiger partial charge in [-0.25, -0.2) is 9.36 Å². The largest absolute Gasteiger partial charge is 1.00 e. The highest BCUT2D eigenvalue weighted by Gasteiger charge is 2.38. The van der Waals surface area contributed by atoms with E-state index in [9.17, 15) is 9.59 Å². The second kappa shape index (κ2) is 11.4. The summed E-state index contributed by atoms with van der Waals surface area (Å²) in [4.78, 5) is 25.9. The van der Waals surface area contributed by atoms with Crippen LogP contribution >= 0.6 is 11.8 Å². The van der Waals surface area contributed by atoms with E-state index in [0.29, 0.717) is 24.5 Å². The average molecular weight is 505 g/mol. The zero-order valence-corrected chi connectivity index (χ0v) is 20.2. The molecule has 1 aromatic heterocycles. The second-order valence-corrected chi connectivity index (χ2v) is 7.99. The molecule has 1 saturated carbocycles. The number of thioether (sulfide) groups is 1. The number of hydrogen-bond acceptors (Lipinski definition) is 4. The lowest BCUT2D eigenvalue weighted by Crippen LogP contribution is -3.00. The van der Waals surface area contributed by atoms with Gasteiger partial charge in [-0.2, -0.15) is 0 Å². The first kappa shape index (κ1) is 24.4. The van der Waals surface area contributed by atoms with Crippen LogP contribution in [0.3, 0.4) is 0 Å². The molecule has 0 saturated heterocycles. The number of carbonyl (C=O) groups excluding carboxylic acids is 2. The summed E-state index contributed by atoms with van der Waals surface area (Å²) in [6.07, 6.45) is 6.03. The summed E-state index contributed by atoms with van der Waals surface area (Å²) in [5.41, 5.74) is 4.39. The van der Waals surface area contributed by atoms with Crippen LogP contribution in [0.1, 0.15) is 97.0 Å². The molecule has 0 unspecified atom stereocenters. The van der Waals surface area contributed by atoms with Gasteiger partial charge in [-0.1, -0.05) is 45.4 Å². The van der Waals surface area contributed by atoms with Gasteiger partial charge in [0.2, 0.25) is 5.12 Å². The van der Waals surface area contributed by atoms with Gasteiger partial charge in [0.1, 0.15) is 12.6 Å². The molecule has 1 heterocycles. The van der Waals surface area contributed by atoms with Gasteiger partial charge in [-0.15, -0.1) is 0 Å². The third-order valence-corrected chi connectivity index (χ3v) is 6.06. The number of pyridine rings is 1. The highest BCUT2D eigenvalue weighted by molar-refractivity contribution is 8.14. The van der Waals surface area contributed by atoms with Crippen molar-refractivity contribution in [1.29, 1.82) is 0 Å². The van der Waals surface area contributed by atoms with E-state index in [2.05, 4.69) is 11.5 Å². The molecule has 4 nitrogen and oxygen atoms in total. The molecule has 0 atom stereocenters. The number of hydrogen-bond donors (Lipinski definition) is 0. The maximum absolute atomic E-state index is 12.9. The number of rotatable bonds is 7. The van der Waals surface area contributed by atoms with Crippen LogP contribution in [0.2, 0.25) is 0 Å². The number of halogens is 1. The Morgan fingerprint density at radius 3 is 2.19 bits per heavy atom. The topological polar surface area (TPSA) is 47.3 Å². The van der Waals surface area contributed by atoms with Crippen LogP contribution in [0.25, 0.3) is 0 Å². The Balaban J connectivity index is 0.00000364. The van der Waals surface area contributed by atoms with Gasteiger partial charge in [-0.05, 0) is 37.5 Å². The van der Waals surface area contributed by atoms with E-state index >= 15 is 0 Å². The van der Waals surface area contributed by atoms with Crippen molar-refractivity contribution in [2.45, 2.75) is 72.1 Å². The number of aromatic nitrogens is 1. The molecule has 1 aliphatic rings. The Morgan fingerprint density at radius 2 is 1.70 bits per heavy atom. The lowest BCUT2D eigenvalue weighted by atomic mass is 9.89. The van der Waals surface area contributed by atoms with Crippen LogP contribution in [-0.2, 0) is 24.6 Å². The van der Waals surface area contributed by atoms with Crippen LogP contribution in [0, 0.1) is 0 Å². The molecular formula is C21H32INO3S. The van der Waals surface area contributed by atoms with Gasteiger partial charge in [-0.3, -0.25) is 4.79 Å². The molecular weight excluding hydrogens is 473 g/mol. The van der Waals surface area contributed by atoms with Crippen molar-refractivity contribution in [1.82, 2.24) is 0 Å². The Bertz CT molecular complexity index is 685. The molecule has 0 aliphatic heterocycles. The summed E-state index contributed by atoms with van der Waals surface area (Å²) in [7, 11) is 2.02. The minimum Gasteiger partial charge on any atom is -1.00 e. The number of esters is 1. The molecule has 27 heavy (non-hydrogen) atoms. The van der Waals surface area contributed by atoms with Crippen LogP contribution in [-0.4, -0.2) is 23.4 Å². The van der Waals surface area contributed by atoms with Crippen molar-refractivity contribution >= 4 is 22.8 Å². The third kappa shape index (κ3) is 5.05.